The molecular weight excluding hydrogens is 225 g/mol. The van der Waals surface area contributed by atoms with Gasteiger partial charge >= 0.3 is 6.18 Å². The average molecular weight is 231 g/mol. The Bertz CT molecular complexity index is 173. The van der Waals surface area contributed by atoms with Gasteiger partial charge in [-0.15, -0.1) is 0 Å². The fourth-order valence-electron chi connectivity index (χ4n) is 0.981. The van der Waals surface area contributed by atoms with Crippen molar-refractivity contribution >= 4 is 22.2 Å². The number of carbonyl (C=O) groups is 1. The number of hydrogen-bond acceptors (Lipinski definition) is 1. The van der Waals surface area contributed by atoms with Crippen LogP contribution in [0.5, 0.6) is 0 Å². The lowest BCUT2D eigenvalue weighted by atomic mass is 10.0. The number of rotatable bonds is 2. The fourth-order valence-corrected chi connectivity index (χ4v) is 1.70. The molecule has 1 rings (SSSR count). The van der Waals surface area contributed by atoms with Gasteiger partial charge in [0.1, 0.15) is 6.29 Å². The Kier molecular flexibility index (Phi) is 2.03. The summed E-state index contributed by atoms with van der Waals surface area (Å²) in [6.45, 7) is 0. The van der Waals surface area contributed by atoms with Crippen molar-refractivity contribution < 1.29 is 18.0 Å². The zero-order valence-corrected chi connectivity index (χ0v) is 7.08. The molecule has 1 nitrogen and oxygen atoms in total. The number of halogens is 4. The first kappa shape index (κ1) is 9.03. The van der Waals surface area contributed by atoms with Gasteiger partial charge in [0.05, 0.1) is 10.2 Å². The predicted octanol–water partition coefficient (Wildman–Crippen LogP) is 2.29. The van der Waals surface area contributed by atoms with E-state index < -0.39 is 16.4 Å². The third kappa shape index (κ3) is 1.30. The van der Waals surface area contributed by atoms with Crippen LogP contribution in [0.15, 0.2) is 0 Å². The highest BCUT2D eigenvalue weighted by atomic mass is 79.9. The molecule has 0 aromatic heterocycles. The van der Waals surface area contributed by atoms with E-state index in [4.69, 9.17) is 0 Å². The molecule has 5 heteroatoms. The summed E-state index contributed by atoms with van der Waals surface area (Å²) in [5.41, 5.74) is -1.76. The third-order valence-corrected chi connectivity index (χ3v) is 3.09. The summed E-state index contributed by atoms with van der Waals surface area (Å²) in [7, 11) is 0. The van der Waals surface area contributed by atoms with Gasteiger partial charge in [-0.2, -0.15) is 13.2 Å². The van der Waals surface area contributed by atoms with Crippen molar-refractivity contribution in [3.63, 3.8) is 0 Å². The lowest BCUT2D eigenvalue weighted by molar-refractivity contribution is -0.186. The third-order valence-electron chi connectivity index (χ3n) is 2.00. The van der Waals surface area contributed by atoms with Gasteiger partial charge in [-0.25, -0.2) is 0 Å². The molecule has 0 aromatic rings. The summed E-state index contributed by atoms with van der Waals surface area (Å²) in [6.07, 6.45) is -3.82. The average Bonchev–Trinajstić information content (AvgIpc) is 2.63. The standard InChI is InChI=1S/C6H6BrF3O/c7-4(3-11)5(1-2-5)6(8,9)10/h3-4H,1-2H2. The van der Waals surface area contributed by atoms with Crippen LogP contribution in [-0.2, 0) is 4.79 Å². The zero-order chi connectivity index (χ0) is 8.70. The number of aldehydes is 1. The van der Waals surface area contributed by atoms with E-state index in [-0.39, 0.29) is 12.8 Å². The molecule has 0 bridgehead atoms. The summed E-state index contributed by atoms with van der Waals surface area (Å²) < 4.78 is 36.4. The van der Waals surface area contributed by atoms with Gasteiger partial charge in [-0.1, -0.05) is 15.9 Å². The second-order valence-electron chi connectivity index (χ2n) is 2.69. The molecule has 0 radical (unpaired) electrons. The normalized spacial score (nSPS) is 24.4. The Balaban J connectivity index is 2.75. The van der Waals surface area contributed by atoms with Crippen molar-refractivity contribution in [2.24, 2.45) is 5.41 Å². The molecule has 11 heavy (non-hydrogen) atoms. The van der Waals surface area contributed by atoms with Crippen LogP contribution in [0.4, 0.5) is 13.2 Å². The van der Waals surface area contributed by atoms with Crippen LogP contribution in [0.2, 0.25) is 0 Å². The summed E-state index contributed by atoms with van der Waals surface area (Å²) in [5.74, 6) is 0. The van der Waals surface area contributed by atoms with E-state index in [9.17, 15) is 18.0 Å². The van der Waals surface area contributed by atoms with Crippen LogP contribution in [0.25, 0.3) is 0 Å². The van der Waals surface area contributed by atoms with E-state index in [0.29, 0.717) is 6.29 Å². The highest BCUT2D eigenvalue weighted by Crippen LogP contribution is 2.61. The maximum absolute atomic E-state index is 12.1. The van der Waals surface area contributed by atoms with Crippen molar-refractivity contribution in [1.82, 2.24) is 0 Å². The van der Waals surface area contributed by atoms with Crippen molar-refractivity contribution in [2.75, 3.05) is 0 Å². The number of carbonyl (C=O) groups excluding carboxylic acids is 1. The first-order chi connectivity index (χ1) is 4.94. The van der Waals surface area contributed by atoms with Crippen molar-refractivity contribution in [3.8, 4) is 0 Å². The molecule has 0 heterocycles. The topological polar surface area (TPSA) is 17.1 Å². The molecule has 1 saturated carbocycles. The predicted molar refractivity (Wildman–Crippen MR) is 36.5 cm³/mol. The summed E-state index contributed by atoms with van der Waals surface area (Å²) >= 11 is 2.71. The molecule has 0 N–H and O–H groups in total. The molecule has 0 aromatic carbocycles. The minimum absolute atomic E-state index is 0.0607. The van der Waals surface area contributed by atoms with Crippen LogP contribution in [0.3, 0.4) is 0 Å². The quantitative estimate of drug-likeness (QED) is 0.526. The molecule has 1 fully saturated rings. The molecule has 64 valence electrons. The lowest BCUT2D eigenvalue weighted by Gasteiger charge is -2.20. The Morgan fingerprint density at radius 2 is 1.91 bits per heavy atom. The Hall–Kier alpha value is -0.0600. The zero-order valence-electron chi connectivity index (χ0n) is 5.49. The molecule has 0 saturated heterocycles. The first-order valence-electron chi connectivity index (χ1n) is 3.10. The van der Waals surface area contributed by atoms with Gasteiger partial charge < -0.3 is 4.79 Å². The summed E-state index contributed by atoms with van der Waals surface area (Å²) in [4.78, 5) is 9.02. The Morgan fingerprint density at radius 1 is 1.45 bits per heavy atom. The van der Waals surface area contributed by atoms with Crippen molar-refractivity contribution in [3.05, 3.63) is 0 Å². The van der Waals surface area contributed by atoms with Crippen LogP contribution in [0.1, 0.15) is 12.8 Å². The van der Waals surface area contributed by atoms with E-state index in [1.165, 1.54) is 0 Å². The monoisotopic (exact) mass is 230 g/mol. The second kappa shape index (κ2) is 2.47. The van der Waals surface area contributed by atoms with E-state index >= 15 is 0 Å². The Morgan fingerprint density at radius 3 is 2.00 bits per heavy atom. The molecule has 1 aliphatic rings. The van der Waals surface area contributed by atoms with Gasteiger partial charge in [0.25, 0.3) is 0 Å². The van der Waals surface area contributed by atoms with Crippen LogP contribution in [-0.4, -0.2) is 17.3 Å². The Labute approximate surface area is 70.1 Å². The number of alkyl halides is 4. The maximum Gasteiger partial charge on any atom is 0.396 e. The highest BCUT2D eigenvalue weighted by Gasteiger charge is 2.66. The summed E-state index contributed by atoms with van der Waals surface area (Å²) in [5, 5.41) is 0. The minimum Gasteiger partial charge on any atom is -0.302 e. The van der Waals surface area contributed by atoms with Crippen LogP contribution >= 0.6 is 15.9 Å². The summed E-state index contributed by atoms with van der Waals surface area (Å²) in [6, 6.07) is 0. The smallest absolute Gasteiger partial charge is 0.302 e. The van der Waals surface area contributed by atoms with Crippen LogP contribution in [0, 0.1) is 5.41 Å². The minimum atomic E-state index is -4.25. The largest absolute Gasteiger partial charge is 0.396 e. The van der Waals surface area contributed by atoms with Gasteiger partial charge in [0.2, 0.25) is 0 Å². The lowest BCUT2D eigenvalue weighted by Crippen LogP contribution is -2.33. The van der Waals surface area contributed by atoms with E-state index in [1.807, 2.05) is 0 Å². The molecule has 0 amide bonds. The van der Waals surface area contributed by atoms with E-state index in [2.05, 4.69) is 15.9 Å². The van der Waals surface area contributed by atoms with Gasteiger partial charge in [-0.05, 0) is 12.8 Å². The molecule has 1 atom stereocenters. The molecule has 1 unspecified atom stereocenters. The van der Waals surface area contributed by atoms with E-state index in [1.54, 1.807) is 0 Å². The van der Waals surface area contributed by atoms with Crippen molar-refractivity contribution in [2.45, 2.75) is 23.8 Å². The first-order valence-corrected chi connectivity index (χ1v) is 4.02. The fraction of sp³-hybridized carbons (Fsp3) is 0.833. The molecule has 0 aliphatic heterocycles. The number of hydrogen-bond donors (Lipinski definition) is 0. The van der Waals surface area contributed by atoms with Gasteiger partial charge in [0, 0.05) is 0 Å². The SMILES string of the molecule is O=CC(Br)C1(C(F)(F)F)CC1. The maximum atomic E-state index is 12.1. The molecular formula is C6H6BrF3O. The van der Waals surface area contributed by atoms with Crippen LogP contribution < -0.4 is 0 Å². The van der Waals surface area contributed by atoms with Gasteiger partial charge in [-0.3, -0.25) is 0 Å². The van der Waals surface area contributed by atoms with Gasteiger partial charge in [0.15, 0.2) is 0 Å². The van der Waals surface area contributed by atoms with E-state index in [0.717, 1.165) is 0 Å². The van der Waals surface area contributed by atoms with Crippen molar-refractivity contribution in [1.29, 1.82) is 0 Å². The second-order valence-corrected chi connectivity index (χ2v) is 3.68. The molecule has 0 spiro atoms. The molecule has 1 aliphatic carbocycles. The highest BCUT2D eigenvalue weighted by molar-refractivity contribution is 9.10.